The molecule has 0 aliphatic heterocycles. The second-order valence-electron chi connectivity index (χ2n) is 2.72. The summed E-state index contributed by atoms with van der Waals surface area (Å²) in [6.07, 6.45) is 3.74. The first-order valence-corrected chi connectivity index (χ1v) is 4.53. The number of aromatic nitrogens is 1. The van der Waals surface area contributed by atoms with Crippen LogP contribution >= 0.6 is 15.9 Å². The van der Waals surface area contributed by atoms with E-state index in [1.54, 1.807) is 12.4 Å². The molecular formula is C8H10BrN3O. The number of nitrogens with zero attached hydrogens (tertiary/aromatic N) is 1. The number of carbonyl (C=O) groups is 1. The van der Waals surface area contributed by atoms with E-state index in [4.69, 9.17) is 11.5 Å². The van der Waals surface area contributed by atoms with Gasteiger partial charge in [-0.3, -0.25) is 9.78 Å². The summed E-state index contributed by atoms with van der Waals surface area (Å²) in [6, 6.07) is 1.21. The summed E-state index contributed by atoms with van der Waals surface area (Å²) >= 11 is 3.27. The molecule has 1 aromatic rings. The van der Waals surface area contributed by atoms with Crippen LogP contribution in [-0.4, -0.2) is 16.9 Å². The van der Waals surface area contributed by atoms with Gasteiger partial charge in [0.05, 0.1) is 6.04 Å². The Morgan fingerprint density at radius 2 is 2.31 bits per heavy atom. The van der Waals surface area contributed by atoms with Gasteiger partial charge in [0.25, 0.3) is 0 Å². The molecule has 13 heavy (non-hydrogen) atoms. The average molecular weight is 244 g/mol. The summed E-state index contributed by atoms with van der Waals surface area (Å²) in [5.41, 5.74) is 11.4. The lowest BCUT2D eigenvalue weighted by molar-refractivity contribution is -0.119. The molecule has 1 rings (SSSR count). The van der Waals surface area contributed by atoms with E-state index in [9.17, 15) is 4.79 Å². The topological polar surface area (TPSA) is 82.0 Å². The zero-order valence-electron chi connectivity index (χ0n) is 6.90. The highest BCUT2D eigenvalue weighted by molar-refractivity contribution is 9.10. The number of hydrogen-bond donors (Lipinski definition) is 2. The Morgan fingerprint density at radius 3 is 2.85 bits per heavy atom. The number of amides is 1. The zero-order chi connectivity index (χ0) is 9.84. The first-order chi connectivity index (χ1) is 6.09. The molecule has 1 unspecified atom stereocenters. The second-order valence-corrected chi connectivity index (χ2v) is 3.64. The monoisotopic (exact) mass is 243 g/mol. The summed E-state index contributed by atoms with van der Waals surface area (Å²) in [5.74, 6) is -0.500. The molecule has 1 heterocycles. The minimum atomic E-state index is -0.643. The molecule has 0 spiro atoms. The fourth-order valence-electron chi connectivity index (χ4n) is 0.922. The van der Waals surface area contributed by atoms with Gasteiger partial charge in [-0.1, -0.05) is 0 Å². The standard InChI is InChI=1S/C8H10BrN3O/c9-6-1-5(3-12-4-6)2-7(10)8(11)13/h1,3-4,7H,2,10H2,(H2,11,13). The van der Waals surface area contributed by atoms with Crippen LogP contribution in [0.25, 0.3) is 0 Å². The van der Waals surface area contributed by atoms with Crippen LogP contribution in [0, 0.1) is 0 Å². The highest BCUT2D eigenvalue weighted by Crippen LogP contribution is 2.10. The molecule has 0 saturated heterocycles. The minimum Gasteiger partial charge on any atom is -0.368 e. The Bertz CT molecular complexity index is 316. The van der Waals surface area contributed by atoms with Crippen LogP contribution in [0.2, 0.25) is 0 Å². The van der Waals surface area contributed by atoms with Crippen molar-refractivity contribution in [2.75, 3.05) is 0 Å². The number of rotatable bonds is 3. The predicted molar refractivity (Wildman–Crippen MR) is 52.8 cm³/mol. The molecule has 4 nitrogen and oxygen atoms in total. The van der Waals surface area contributed by atoms with E-state index in [2.05, 4.69) is 20.9 Å². The fraction of sp³-hybridized carbons (Fsp3) is 0.250. The van der Waals surface area contributed by atoms with Gasteiger partial charge in [-0.25, -0.2) is 0 Å². The lowest BCUT2D eigenvalue weighted by Gasteiger charge is -2.06. The molecule has 5 heteroatoms. The third-order valence-electron chi connectivity index (χ3n) is 1.58. The maximum absolute atomic E-state index is 10.7. The highest BCUT2D eigenvalue weighted by Gasteiger charge is 2.09. The quantitative estimate of drug-likeness (QED) is 0.796. The summed E-state index contributed by atoms with van der Waals surface area (Å²) in [6.45, 7) is 0. The van der Waals surface area contributed by atoms with Crippen LogP contribution in [0.4, 0.5) is 0 Å². The van der Waals surface area contributed by atoms with Crippen LogP contribution in [-0.2, 0) is 11.2 Å². The minimum absolute atomic E-state index is 0.418. The van der Waals surface area contributed by atoms with Crippen LogP contribution in [0.15, 0.2) is 22.9 Å². The average Bonchev–Trinajstić information content (AvgIpc) is 2.04. The number of primary amides is 1. The molecule has 0 saturated carbocycles. The van der Waals surface area contributed by atoms with E-state index in [1.807, 2.05) is 6.07 Å². The van der Waals surface area contributed by atoms with Crippen LogP contribution in [0.1, 0.15) is 5.56 Å². The molecule has 70 valence electrons. The first-order valence-electron chi connectivity index (χ1n) is 3.74. The lowest BCUT2D eigenvalue weighted by atomic mass is 10.1. The number of hydrogen-bond acceptors (Lipinski definition) is 3. The Labute approximate surface area is 84.5 Å². The maximum Gasteiger partial charge on any atom is 0.234 e. The van der Waals surface area contributed by atoms with Crippen molar-refractivity contribution in [3.63, 3.8) is 0 Å². The lowest BCUT2D eigenvalue weighted by Crippen LogP contribution is -2.38. The van der Waals surface area contributed by atoms with Gasteiger partial charge in [-0.05, 0) is 34.0 Å². The van der Waals surface area contributed by atoms with E-state index in [0.717, 1.165) is 10.0 Å². The van der Waals surface area contributed by atoms with Crippen molar-refractivity contribution in [2.24, 2.45) is 11.5 Å². The number of nitrogens with two attached hydrogens (primary N) is 2. The third kappa shape index (κ3) is 3.12. The van der Waals surface area contributed by atoms with E-state index in [1.165, 1.54) is 0 Å². The zero-order valence-corrected chi connectivity index (χ0v) is 8.49. The van der Waals surface area contributed by atoms with Crippen molar-refractivity contribution in [1.82, 2.24) is 4.98 Å². The van der Waals surface area contributed by atoms with E-state index in [-0.39, 0.29) is 0 Å². The van der Waals surface area contributed by atoms with Gasteiger partial charge >= 0.3 is 0 Å². The summed E-state index contributed by atoms with van der Waals surface area (Å²) in [7, 11) is 0. The van der Waals surface area contributed by atoms with Gasteiger partial charge < -0.3 is 11.5 Å². The third-order valence-corrected chi connectivity index (χ3v) is 2.02. The highest BCUT2D eigenvalue weighted by atomic mass is 79.9. The summed E-state index contributed by atoms with van der Waals surface area (Å²) in [5, 5.41) is 0. The van der Waals surface area contributed by atoms with Gasteiger partial charge in [0, 0.05) is 16.9 Å². The fourth-order valence-corrected chi connectivity index (χ4v) is 1.33. The first kappa shape index (κ1) is 10.1. The molecule has 0 bridgehead atoms. The van der Waals surface area contributed by atoms with Gasteiger partial charge in [0.15, 0.2) is 0 Å². The summed E-state index contributed by atoms with van der Waals surface area (Å²) in [4.78, 5) is 14.6. The molecule has 0 aromatic carbocycles. The smallest absolute Gasteiger partial charge is 0.234 e. The van der Waals surface area contributed by atoms with Crippen molar-refractivity contribution >= 4 is 21.8 Å². The molecule has 0 fully saturated rings. The van der Waals surface area contributed by atoms with Gasteiger partial charge in [-0.2, -0.15) is 0 Å². The predicted octanol–water partition coefficient (Wildman–Crippen LogP) is 0.199. The molecule has 0 aliphatic rings. The Balaban J connectivity index is 2.69. The van der Waals surface area contributed by atoms with Gasteiger partial charge in [0.1, 0.15) is 0 Å². The van der Waals surface area contributed by atoms with Crippen LogP contribution < -0.4 is 11.5 Å². The van der Waals surface area contributed by atoms with Gasteiger partial charge in [-0.15, -0.1) is 0 Å². The largest absolute Gasteiger partial charge is 0.368 e. The molecular weight excluding hydrogens is 234 g/mol. The number of halogens is 1. The Hall–Kier alpha value is -0.940. The molecule has 1 aromatic heterocycles. The van der Waals surface area contributed by atoms with Crippen LogP contribution in [0.3, 0.4) is 0 Å². The maximum atomic E-state index is 10.7. The van der Waals surface area contributed by atoms with Crippen LogP contribution in [0.5, 0.6) is 0 Å². The van der Waals surface area contributed by atoms with E-state index in [0.29, 0.717) is 6.42 Å². The number of pyridine rings is 1. The summed E-state index contributed by atoms with van der Waals surface area (Å²) < 4.78 is 0.863. The second kappa shape index (κ2) is 4.34. The molecule has 1 amide bonds. The van der Waals surface area contributed by atoms with Crippen molar-refractivity contribution in [3.8, 4) is 0 Å². The molecule has 1 atom stereocenters. The van der Waals surface area contributed by atoms with Crippen molar-refractivity contribution in [1.29, 1.82) is 0 Å². The SMILES string of the molecule is NC(=O)C(N)Cc1cncc(Br)c1. The van der Waals surface area contributed by atoms with E-state index < -0.39 is 11.9 Å². The Kier molecular flexibility index (Phi) is 3.39. The molecule has 4 N–H and O–H groups in total. The van der Waals surface area contributed by atoms with E-state index >= 15 is 0 Å². The van der Waals surface area contributed by atoms with Gasteiger partial charge in [0.2, 0.25) is 5.91 Å². The van der Waals surface area contributed by atoms with Crippen molar-refractivity contribution in [2.45, 2.75) is 12.5 Å². The molecule has 0 radical (unpaired) electrons. The molecule has 0 aliphatic carbocycles. The number of carbonyl (C=O) groups excluding carboxylic acids is 1. The van der Waals surface area contributed by atoms with Crippen molar-refractivity contribution < 1.29 is 4.79 Å². The normalized spacial score (nSPS) is 12.5. The van der Waals surface area contributed by atoms with Crippen molar-refractivity contribution in [3.05, 3.63) is 28.5 Å². The Morgan fingerprint density at radius 1 is 1.62 bits per heavy atom.